The molecule has 0 amide bonds. The average Bonchev–Trinajstić information content (AvgIpc) is 3.26. The third-order valence-electron chi connectivity index (χ3n) is 5.61. The van der Waals surface area contributed by atoms with Crippen molar-refractivity contribution in [3.8, 4) is 5.75 Å². The van der Waals surface area contributed by atoms with Crippen LogP contribution in [0.25, 0.3) is 11.0 Å². The minimum Gasteiger partial charge on any atom is -0.497 e. The van der Waals surface area contributed by atoms with Crippen LogP contribution in [0.1, 0.15) is 21.5 Å². The van der Waals surface area contributed by atoms with Crippen molar-refractivity contribution in [2.45, 2.75) is 13.0 Å². The van der Waals surface area contributed by atoms with Gasteiger partial charge in [-0.25, -0.2) is 4.79 Å². The van der Waals surface area contributed by atoms with E-state index >= 15 is 0 Å². The molecule has 4 aromatic rings. The summed E-state index contributed by atoms with van der Waals surface area (Å²) in [4.78, 5) is 50.5. The van der Waals surface area contributed by atoms with Crippen molar-refractivity contribution >= 4 is 28.5 Å². The molecule has 0 aliphatic rings. The quantitative estimate of drug-likeness (QED) is 0.300. The number of ketones is 1. The van der Waals surface area contributed by atoms with Crippen LogP contribution < -0.4 is 21.7 Å². The fourth-order valence-corrected chi connectivity index (χ4v) is 3.72. The average molecular weight is 477 g/mol. The number of Topliss-reactive ketones (excluding diaryl/α,β-unsaturated/α-hetero) is 1. The van der Waals surface area contributed by atoms with Gasteiger partial charge in [-0.1, -0.05) is 30.3 Å². The summed E-state index contributed by atoms with van der Waals surface area (Å²) in [6.45, 7) is -0.635. The molecule has 2 aromatic carbocycles. The van der Waals surface area contributed by atoms with Crippen molar-refractivity contribution in [1.29, 1.82) is 0 Å². The molecule has 35 heavy (non-hydrogen) atoms. The van der Waals surface area contributed by atoms with E-state index in [-0.39, 0.29) is 18.8 Å². The number of aromatic nitrogens is 2. The molecule has 2 N–H and O–H groups in total. The van der Waals surface area contributed by atoms with Crippen LogP contribution >= 0.6 is 0 Å². The summed E-state index contributed by atoms with van der Waals surface area (Å²) in [6, 6.07) is 14.2. The van der Waals surface area contributed by atoms with Crippen LogP contribution in [0.4, 0.5) is 5.82 Å². The number of methoxy groups -OCH3 is 1. The van der Waals surface area contributed by atoms with Gasteiger partial charge in [-0.05, 0) is 17.7 Å². The molecule has 0 saturated heterocycles. The van der Waals surface area contributed by atoms with Crippen molar-refractivity contribution in [3.63, 3.8) is 0 Å². The highest BCUT2D eigenvalue weighted by molar-refractivity contribution is 6.01. The number of fused-ring (bicyclic) bond motifs is 1. The van der Waals surface area contributed by atoms with Gasteiger partial charge in [-0.3, -0.25) is 23.5 Å². The highest BCUT2D eigenvalue weighted by Crippen LogP contribution is 2.26. The van der Waals surface area contributed by atoms with Crippen molar-refractivity contribution in [2.24, 2.45) is 7.05 Å². The summed E-state index contributed by atoms with van der Waals surface area (Å²) in [7, 11) is 2.79. The summed E-state index contributed by atoms with van der Waals surface area (Å²) < 4.78 is 17.7. The predicted octanol–water partition coefficient (Wildman–Crippen LogP) is 1.90. The van der Waals surface area contributed by atoms with Crippen LogP contribution in [0, 0.1) is 0 Å². The zero-order valence-corrected chi connectivity index (χ0v) is 19.1. The molecule has 2 aromatic heterocycles. The Hall–Kier alpha value is -4.60. The van der Waals surface area contributed by atoms with Gasteiger partial charge in [0.25, 0.3) is 5.56 Å². The van der Waals surface area contributed by atoms with E-state index in [4.69, 9.17) is 19.6 Å². The van der Waals surface area contributed by atoms with E-state index in [2.05, 4.69) is 0 Å². The van der Waals surface area contributed by atoms with Crippen molar-refractivity contribution in [1.82, 2.24) is 9.13 Å². The van der Waals surface area contributed by atoms with Crippen LogP contribution in [0.3, 0.4) is 0 Å². The fourth-order valence-electron chi connectivity index (χ4n) is 3.72. The Labute approximate surface area is 199 Å². The molecule has 0 unspecified atom stereocenters. The van der Waals surface area contributed by atoms with E-state index in [1.54, 1.807) is 42.5 Å². The third-order valence-corrected chi connectivity index (χ3v) is 5.61. The molecule has 10 heteroatoms. The largest absolute Gasteiger partial charge is 0.497 e. The van der Waals surface area contributed by atoms with Crippen molar-refractivity contribution in [2.75, 3.05) is 19.5 Å². The zero-order chi connectivity index (χ0) is 25.1. The standard InChI is InChI=1S/C25H23N3O7/c1-27-24(31)22(23(26)28(25(27)32)12-15-6-4-3-5-7-15)19(29)14-35-21(30)10-16-13-34-20-11-17(33-2)8-9-18(16)20/h3-9,11,13H,10,12,14,26H2,1-2H3. The lowest BCUT2D eigenvalue weighted by Crippen LogP contribution is -2.43. The number of hydrogen-bond acceptors (Lipinski definition) is 8. The normalized spacial score (nSPS) is 10.9. The van der Waals surface area contributed by atoms with Crippen LogP contribution in [-0.4, -0.2) is 34.6 Å². The molecular weight excluding hydrogens is 454 g/mol. The van der Waals surface area contributed by atoms with Crippen LogP contribution in [-0.2, 0) is 29.5 Å². The minimum atomic E-state index is -0.854. The molecule has 0 aliphatic heterocycles. The lowest BCUT2D eigenvalue weighted by atomic mass is 10.1. The Morgan fingerprint density at radius 2 is 1.83 bits per heavy atom. The number of esters is 1. The van der Waals surface area contributed by atoms with Crippen LogP contribution in [0.5, 0.6) is 5.75 Å². The monoisotopic (exact) mass is 477 g/mol. The lowest BCUT2D eigenvalue weighted by molar-refractivity contribution is -0.141. The molecule has 10 nitrogen and oxygen atoms in total. The summed E-state index contributed by atoms with van der Waals surface area (Å²) in [6.07, 6.45) is 1.29. The minimum absolute atomic E-state index is 0.0675. The topological polar surface area (TPSA) is 136 Å². The maximum atomic E-state index is 12.8. The summed E-state index contributed by atoms with van der Waals surface area (Å²) in [5.41, 5.74) is 6.03. The van der Waals surface area contributed by atoms with Crippen molar-refractivity contribution < 1.29 is 23.5 Å². The predicted molar refractivity (Wildman–Crippen MR) is 128 cm³/mol. The van der Waals surface area contributed by atoms with Gasteiger partial charge >= 0.3 is 11.7 Å². The smallest absolute Gasteiger partial charge is 0.332 e. The molecule has 4 rings (SSSR count). The highest BCUT2D eigenvalue weighted by Gasteiger charge is 2.23. The van der Waals surface area contributed by atoms with Gasteiger partial charge in [0.1, 0.15) is 22.7 Å². The number of nitrogens with zero attached hydrogens (tertiary/aromatic N) is 2. The van der Waals surface area contributed by atoms with Gasteiger partial charge in [0.05, 0.1) is 26.3 Å². The third kappa shape index (κ3) is 4.72. The second-order valence-electron chi connectivity index (χ2n) is 7.86. The molecule has 0 aliphatic carbocycles. The summed E-state index contributed by atoms with van der Waals surface area (Å²) in [5.74, 6) is -1.16. The maximum absolute atomic E-state index is 12.8. The van der Waals surface area contributed by atoms with Crippen LogP contribution in [0.2, 0.25) is 0 Å². The van der Waals surface area contributed by atoms with Gasteiger partial charge in [-0.2, -0.15) is 0 Å². The second-order valence-corrected chi connectivity index (χ2v) is 7.86. The number of anilines is 1. The van der Waals surface area contributed by atoms with Gasteiger partial charge in [0, 0.05) is 24.1 Å². The molecule has 0 radical (unpaired) electrons. The Balaban J connectivity index is 1.51. The van der Waals surface area contributed by atoms with Gasteiger partial charge in [0.15, 0.2) is 6.61 Å². The number of hydrogen-bond donors (Lipinski definition) is 1. The Bertz CT molecular complexity index is 1530. The first-order chi connectivity index (χ1) is 16.8. The molecular formula is C25H23N3O7. The first kappa shape index (κ1) is 23.6. The highest BCUT2D eigenvalue weighted by atomic mass is 16.5. The molecule has 2 heterocycles. The number of furan rings is 1. The van der Waals surface area contributed by atoms with Crippen molar-refractivity contribution in [3.05, 3.63) is 92.3 Å². The number of carbonyl (C=O) groups excluding carboxylic acids is 2. The van der Waals surface area contributed by atoms with Gasteiger partial charge in [0.2, 0.25) is 5.78 Å². The van der Waals surface area contributed by atoms with E-state index < -0.39 is 35.2 Å². The molecule has 0 spiro atoms. The molecule has 0 saturated carbocycles. The number of ether oxygens (including phenoxy) is 2. The first-order valence-corrected chi connectivity index (χ1v) is 10.7. The van der Waals surface area contributed by atoms with E-state index in [1.165, 1.54) is 20.4 Å². The second kappa shape index (κ2) is 9.72. The number of benzene rings is 2. The Morgan fingerprint density at radius 3 is 2.54 bits per heavy atom. The Kier molecular flexibility index (Phi) is 6.54. The fraction of sp³-hybridized carbons (Fsp3) is 0.200. The lowest BCUT2D eigenvalue weighted by Gasteiger charge is -2.14. The first-order valence-electron chi connectivity index (χ1n) is 10.7. The SMILES string of the molecule is COc1ccc2c(CC(=O)OCC(=O)c3c(N)n(Cc4ccccc4)c(=O)n(C)c3=O)coc2c1. The number of nitrogens with two attached hydrogens (primary N) is 1. The van der Waals surface area contributed by atoms with Gasteiger partial charge < -0.3 is 19.6 Å². The summed E-state index contributed by atoms with van der Waals surface area (Å²) >= 11 is 0. The van der Waals surface area contributed by atoms with Crippen LogP contribution in [0.15, 0.2) is 68.8 Å². The molecule has 0 fully saturated rings. The molecule has 0 bridgehead atoms. The van der Waals surface area contributed by atoms with E-state index in [0.717, 1.165) is 14.7 Å². The zero-order valence-electron chi connectivity index (χ0n) is 19.1. The molecule has 0 atom stereocenters. The number of nitrogen functional groups attached to an aromatic ring is 1. The maximum Gasteiger partial charge on any atom is 0.332 e. The number of carbonyl (C=O) groups is 2. The number of rotatable bonds is 8. The summed E-state index contributed by atoms with van der Waals surface area (Å²) in [5, 5.41) is 0.708. The van der Waals surface area contributed by atoms with Gasteiger partial charge in [-0.15, -0.1) is 0 Å². The van der Waals surface area contributed by atoms with E-state index in [0.29, 0.717) is 22.3 Å². The Morgan fingerprint density at radius 1 is 1.09 bits per heavy atom. The molecule has 180 valence electrons. The van der Waals surface area contributed by atoms with E-state index in [1.807, 2.05) is 6.07 Å². The van der Waals surface area contributed by atoms with E-state index in [9.17, 15) is 19.2 Å².